The summed E-state index contributed by atoms with van der Waals surface area (Å²) in [5.74, 6) is 0.444. The molecule has 1 aromatic heterocycles. The first-order chi connectivity index (χ1) is 10.7. The van der Waals surface area contributed by atoms with Gasteiger partial charge in [-0.1, -0.05) is 24.3 Å². The van der Waals surface area contributed by atoms with Crippen molar-refractivity contribution >= 4 is 5.96 Å². The average Bonchev–Trinajstić information content (AvgIpc) is 2.54. The maximum Gasteiger partial charge on any atom is 0.191 e. The third-order valence-electron chi connectivity index (χ3n) is 3.31. The van der Waals surface area contributed by atoms with Gasteiger partial charge in [0.25, 0.3) is 0 Å². The van der Waals surface area contributed by atoms with E-state index in [0.717, 1.165) is 18.7 Å². The summed E-state index contributed by atoms with van der Waals surface area (Å²) >= 11 is 0. The molecule has 1 aromatic carbocycles. The van der Waals surface area contributed by atoms with Crippen molar-refractivity contribution in [3.8, 4) is 0 Å². The summed E-state index contributed by atoms with van der Waals surface area (Å²) in [7, 11) is 1.70. The molecule has 1 heterocycles. The Bertz CT molecular complexity index is 623. The van der Waals surface area contributed by atoms with Gasteiger partial charge in [-0.3, -0.25) is 9.98 Å². The molecule has 0 atom stereocenters. The molecule has 4 nitrogen and oxygen atoms in total. The van der Waals surface area contributed by atoms with Crippen LogP contribution in [0.1, 0.15) is 16.8 Å². The van der Waals surface area contributed by atoms with Crippen LogP contribution in [-0.4, -0.2) is 24.5 Å². The molecule has 0 aliphatic rings. The summed E-state index contributed by atoms with van der Waals surface area (Å²) in [6, 6.07) is 10.8. The maximum absolute atomic E-state index is 13.5. The van der Waals surface area contributed by atoms with E-state index in [0.29, 0.717) is 18.1 Å². The molecule has 2 N–H and O–H groups in total. The van der Waals surface area contributed by atoms with Crippen LogP contribution in [0.3, 0.4) is 0 Å². The van der Waals surface area contributed by atoms with E-state index in [2.05, 4.69) is 26.7 Å². The summed E-state index contributed by atoms with van der Waals surface area (Å²) in [6.07, 6.45) is 2.74. The highest BCUT2D eigenvalue weighted by Crippen LogP contribution is 2.05. The van der Waals surface area contributed by atoms with Gasteiger partial charge in [0, 0.05) is 37.6 Å². The molecule has 0 saturated carbocycles. The first kappa shape index (κ1) is 15.9. The molecule has 2 aromatic rings. The first-order valence-corrected chi connectivity index (χ1v) is 7.28. The van der Waals surface area contributed by atoms with Crippen molar-refractivity contribution in [3.05, 3.63) is 65.2 Å². The molecule has 5 heteroatoms. The molecule has 0 unspecified atom stereocenters. The van der Waals surface area contributed by atoms with Gasteiger partial charge < -0.3 is 10.6 Å². The number of aliphatic imine (C=N–C) groups is 1. The van der Waals surface area contributed by atoms with E-state index in [-0.39, 0.29) is 5.82 Å². The third kappa shape index (κ3) is 4.84. The zero-order valence-electron chi connectivity index (χ0n) is 12.9. The van der Waals surface area contributed by atoms with Gasteiger partial charge >= 0.3 is 0 Å². The SMILES string of the molecule is CN=C(NCCc1ccc(C)nc1)NCc1ccccc1F. The van der Waals surface area contributed by atoms with Crippen molar-refractivity contribution in [1.29, 1.82) is 0 Å². The first-order valence-electron chi connectivity index (χ1n) is 7.28. The topological polar surface area (TPSA) is 49.3 Å². The van der Waals surface area contributed by atoms with Gasteiger partial charge in [-0.2, -0.15) is 0 Å². The van der Waals surface area contributed by atoms with Crippen molar-refractivity contribution in [3.63, 3.8) is 0 Å². The Morgan fingerprint density at radius 1 is 1.18 bits per heavy atom. The number of pyridine rings is 1. The molecule has 0 amide bonds. The Balaban J connectivity index is 1.78. The molecule has 0 fully saturated rings. The molecule has 22 heavy (non-hydrogen) atoms. The van der Waals surface area contributed by atoms with Crippen molar-refractivity contribution in [2.24, 2.45) is 4.99 Å². The molecule has 2 rings (SSSR count). The standard InChI is InChI=1S/C17H21FN4/c1-13-7-8-14(11-21-13)9-10-20-17(19-2)22-12-15-5-3-4-6-16(15)18/h3-8,11H,9-10,12H2,1-2H3,(H2,19,20,22). The maximum atomic E-state index is 13.5. The summed E-state index contributed by atoms with van der Waals surface area (Å²) in [5.41, 5.74) is 2.80. The Hall–Kier alpha value is -2.43. The Labute approximate surface area is 130 Å². The molecule has 0 aliphatic heterocycles. The Morgan fingerprint density at radius 3 is 2.68 bits per heavy atom. The van der Waals surface area contributed by atoms with Crippen LogP contribution >= 0.6 is 0 Å². The van der Waals surface area contributed by atoms with Gasteiger partial charge in [-0.05, 0) is 31.0 Å². The van der Waals surface area contributed by atoms with Crippen molar-refractivity contribution in [1.82, 2.24) is 15.6 Å². The van der Waals surface area contributed by atoms with Gasteiger partial charge in [0.05, 0.1) is 0 Å². The van der Waals surface area contributed by atoms with E-state index in [9.17, 15) is 4.39 Å². The van der Waals surface area contributed by atoms with Crippen LogP contribution in [-0.2, 0) is 13.0 Å². The van der Waals surface area contributed by atoms with Crippen LogP contribution in [0.5, 0.6) is 0 Å². The lowest BCUT2D eigenvalue weighted by Crippen LogP contribution is -2.38. The fourth-order valence-electron chi connectivity index (χ4n) is 2.01. The minimum atomic E-state index is -0.212. The lowest BCUT2D eigenvalue weighted by Gasteiger charge is -2.12. The lowest BCUT2D eigenvalue weighted by molar-refractivity contribution is 0.604. The van der Waals surface area contributed by atoms with Crippen LogP contribution in [0.15, 0.2) is 47.6 Å². The van der Waals surface area contributed by atoms with E-state index in [4.69, 9.17) is 0 Å². The summed E-state index contributed by atoms with van der Waals surface area (Å²) in [4.78, 5) is 8.40. The van der Waals surface area contributed by atoms with Crippen molar-refractivity contribution in [2.75, 3.05) is 13.6 Å². The molecular weight excluding hydrogens is 279 g/mol. The van der Waals surface area contributed by atoms with E-state index in [1.54, 1.807) is 19.2 Å². The lowest BCUT2D eigenvalue weighted by atomic mass is 10.2. The smallest absolute Gasteiger partial charge is 0.191 e. The average molecular weight is 300 g/mol. The highest BCUT2D eigenvalue weighted by atomic mass is 19.1. The molecule has 0 aliphatic carbocycles. The van der Waals surface area contributed by atoms with Gasteiger partial charge in [0.2, 0.25) is 0 Å². The summed E-state index contributed by atoms with van der Waals surface area (Å²) in [6.45, 7) is 3.11. The second-order valence-electron chi connectivity index (χ2n) is 5.00. The van der Waals surface area contributed by atoms with Gasteiger partial charge in [-0.25, -0.2) is 4.39 Å². The zero-order valence-corrected chi connectivity index (χ0v) is 12.9. The number of nitrogens with zero attached hydrogens (tertiary/aromatic N) is 2. The number of guanidine groups is 1. The molecule has 0 saturated heterocycles. The van der Waals surface area contributed by atoms with E-state index in [1.165, 1.54) is 11.6 Å². The highest BCUT2D eigenvalue weighted by Gasteiger charge is 2.02. The number of aromatic nitrogens is 1. The number of rotatable bonds is 5. The molecular formula is C17H21FN4. The second kappa shape index (κ2) is 8.12. The van der Waals surface area contributed by atoms with Crippen molar-refractivity contribution in [2.45, 2.75) is 19.9 Å². The van der Waals surface area contributed by atoms with Gasteiger partial charge in [0.1, 0.15) is 5.82 Å². The number of aryl methyl sites for hydroxylation is 1. The van der Waals surface area contributed by atoms with Crippen LogP contribution in [0.2, 0.25) is 0 Å². The zero-order chi connectivity index (χ0) is 15.8. The van der Waals surface area contributed by atoms with E-state index < -0.39 is 0 Å². The van der Waals surface area contributed by atoms with Crippen LogP contribution in [0.4, 0.5) is 4.39 Å². The third-order valence-corrected chi connectivity index (χ3v) is 3.31. The highest BCUT2D eigenvalue weighted by molar-refractivity contribution is 5.79. The largest absolute Gasteiger partial charge is 0.356 e. The molecule has 0 bridgehead atoms. The number of hydrogen-bond acceptors (Lipinski definition) is 2. The molecule has 116 valence electrons. The number of benzene rings is 1. The van der Waals surface area contributed by atoms with Crippen LogP contribution < -0.4 is 10.6 Å². The minimum Gasteiger partial charge on any atom is -0.356 e. The summed E-state index contributed by atoms with van der Waals surface area (Å²) < 4.78 is 13.5. The number of halogens is 1. The quantitative estimate of drug-likeness (QED) is 0.658. The Morgan fingerprint density at radius 2 is 2.00 bits per heavy atom. The van der Waals surface area contributed by atoms with E-state index >= 15 is 0 Å². The minimum absolute atomic E-state index is 0.212. The number of nitrogens with one attached hydrogen (secondary N) is 2. The number of hydrogen-bond donors (Lipinski definition) is 2. The van der Waals surface area contributed by atoms with E-state index in [1.807, 2.05) is 25.3 Å². The fourth-order valence-corrected chi connectivity index (χ4v) is 2.01. The van der Waals surface area contributed by atoms with Gasteiger partial charge in [-0.15, -0.1) is 0 Å². The van der Waals surface area contributed by atoms with Crippen LogP contribution in [0.25, 0.3) is 0 Å². The predicted octanol–water partition coefficient (Wildman–Crippen LogP) is 2.44. The Kier molecular flexibility index (Phi) is 5.89. The second-order valence-corrected chi connectivity index (χ2v) is 5.00. The molecule has 0 spiro atoms. The molecule has 0 radical (unpaired) electrons. The van der Waals surface area contributed by atoms with Crippen molar-refractivity contribution < 1.29 is 4.39 Å². The predicted molar refractivity (Wildman–Crippen MR) is 87.3 cm³/mol. The van der Waals surface area contributed by atoms with Crippen LogP contribution in [0, 0.1) is 12.7 Å². The monoisotopic (exact) mass is 300 g/mol. The summed E-state index contributed by atoms with van der Waals surface area (Å²) in [5, 5.41) is 6.32. The normalized spacial score (nSPS) is 11.3. The van der Waals surface area contributed by atoms with Gasteiger partial charge in [0.15, 0.2) is 5.96 Å². The fraction of sp³-hybridized carbons (Fsp3) is 0.294.